The molecule has 0 spiro atoms. The molecule has 7 heteroatoms. The number of ether oxygens (including phenoxy) is 4. The molecular formula is C14H22O5S2. The molecule has 0 N–H and O–H groups in total. The molecule has 120 valence electrons. The average Bonchev–Trinajstić information content (AvgIpc) is 2.98. The molecule has 21 heavy (non-hydrogen) atoms. The maximum Gasteiger partial charge on any atom is 0.200 e. The molecule has 0 aromatic heterocycles. The highest BCUT2D eigenvalue weighted by Gasteiger charge is 2.50. The largest absolute Gasteiger partial charge is 0.348 e. The summed E-state index contributed by atoms with van der Waals surface area (Å²) in [5, 5.41) is 0.546. The molecule has 3 aliphatic rings. The van der Waals surface area contributed by atoms with Crippen molar-refractivity contribution < 1.29 is 23.7 Å². The van der Waals surface area contributed by atoms with Gasteiger partial charge in [-0.15, -0.1) is 0 Å². The van der Waals surface area contributed by atoms with Crippen molar-refractivity contribution >= 4 is 26.7 Å². The van der Waals surface area contributed by atoms with Crippen molar-refractivity contribution in [2.45, 2.75) is 75.7 Å². The molecular weight excluding hydrogens is 312 g/mol. The molecule has 0 aromatic carbocycles. The molecule has 0 aliphatic carbocycles. The molecule has 5 nitrogen and oxygen atoms in total. The standard InChI is InChI=1S/C14H22O5S2/c1-13(2)16-7-10(18-13)12-9(17-14(3,4)19-12)5-8-6-11(15)21-20-8/h8-10,12H,5-7H2,1-4H3/t8?,9-,10-,12+/m1/s1. The normalized spacial score (nSPS) is 41.8. The van der Waals surface area contributed by atoms with Gasteiger partial charge in [0.2, 0.25) is 5.12 Å². The van der Waals surface area contributed by atoms with E-state index in [0.717, 1.165) is 6.42 Å². The van der Waals surface area contributed by atoms with Crippen molar-refractivity contribution in [1.29, 1.82) is 0 Å². The number of carbonyl (C=O) groups excluding carboxylic acids is 1. The third-order valence-electron chi connectivity index (χ3n) is 3.79. The number of hydrogen-bond donors (Lipinski definition) is 0. The summed E-state index contributed by atoms with van der Waals surface area (Å²) in [7, 11) is 2.99. The maximum atomic E-state index is 11.4. The van der Waals surface area contributed by atoms with Crippen LogP contribution in [0.3, 0.4) is 0 Å². The van der Waals surface area contributed by atoms with E-state index in [-0.39, 0.29) is 23.4 Å². The zero-order valence-electron chi connectivity index (χ0n) is 12.8. The first-order valence-corrected chi connectivity index (χ1v) is 9.49. The van der Waals surface area contributed by atoms with Crippen LogP contribution in [0.25, 0.3) is 0 Å². The molecule has 1 unspecified atom stereocenters. The van der Waals surface area contributed by atoms with Crippen molar-refractivity contribution in [1.82, 2.24) is 0 Å². The second kappa shape index (κ2) is 5.69. The van der Waals surface area contributed by atoms with Crippen LogP contribution in [0.5, 0.6) is 0 Å². The lowest BCUT2D eigenvalue weighted by molar-refractivity contribution is -0.174. The number of rotatable bonds is 3. The minimum absolute atomic E-state index is 0.0634. The zero-order chi connectivity index (χ0) is 15.3. The quantitative estimate of drug-likeness (QED) is 0.736. The van der Waals surface area contributed by atoms with Gasteiger partial charge in [-0.2, -0.15) is 0 Å². The van der Waals surface area contributed by atoms with Crippen LogP contribution in [-0.4, -0.2) is 46.9 Å². The molecule has 3 aliphatic heterocycles. The summed E-state index contributed by atoms with van der Waals surface area (Å²) in [6.45, 7) is 8.17. The zero-order valence-corrected chi connectivity index (χ0v) is 14.4. The van der Waals surface area contributed by atoms with E-state index in [1.807, 2.05) is 27.7 Å². The molecule has 0 aromatic rings. The van der Waals surface area contributed by atoms with E-state index in [1.54, 1.807) is 10.8 Å². The molecule has 3 heterocycles. The lowest BCUT2D eigenvalue weighted by Crippen LogP contribution is -2.39. The van der Waals surface area contributed by atoms with Crippen molar-refractivity contribution in [2.24, 2.45) is 0 Å². The highest BCUT2D eigenvalue weighted by Crippen LogP contribution is 2.44. The van der Waals surface area contributed by atoms with Crippen LogP contribution in [0, 0.1) is 0 Å². The van der Waals surface area contributed by atoms with Gasteiger partial charge >= 0.3 is 0 Å². The van der Waals surface area contributed by atoms with E-state index >= 15 is 0 Å². The molecule has 4 atom stereocenters. The first-order chi connectivity index (χ1) is 9.74. The fourth-order valence-electron chi connectivity index (χ4n) is 3.00. The summed E-state index contributed by atoms with van der Waals surface area (Å²) >= 11 is 0. The van der Waals surface area contributed by atoms with Crippen LogP contribution in [0.15, 0.2) is 0 Å². The molecule has 0 bridgehead atoms. The Labute approximate surface area is 133 Å². The van der Waals surface area contributed by atoms with Gasteiger partial charge in [0.15, 0.2) is 11.6 Å². The first kappa shape index (κ1) is 16.1. The van der Waals surface area contributed by atoms with Gasteiger partial charge in [0.1, 0.15) is 12.2 Å². The van der Waals surface area contributed by atoms with Crippen molar-refractivity contribution in [3.8, 4) is 0 Å². The van der Waals surface area contributed by atoms with E-state index in [4.69, 9.17) is 18.9 Å². The molecule has 3 rings (SSSR count). The molecule has 0 saturated carbocycles. The van der Waals surface area contributed by atoms with Crippen LogP contribution >= 0.6 is 21.6 Å². The predicted octanol–water partition coefficient (Wildman–Crippen LogP) is 2.73. The van der Waals surface area contributed by atoms with Crippen molar-refractivity contribution in [2.75, 3.05) is 6.61 Å². The minimum Gasteiger partial charge on any atom is -0.348 e. The predicted molar refractivity (Wildman–Crippen MR) is 81.9 cm³/mol. The van der Waals surface area contributed by atoms with Gasteiger partial charge in [-0.3, -0.25) is 4.79 Å². The second-order valence-electron chi connectivity index (χ2n) is 6.62. The second-order valence-corrected chi connectivity index (χ2v) is 9.18. The van der Waals surface area contributed by atoms with Gasteiger partial charge in [-0.1, -0.05) is 10.8 Å². The van der Waals surface area contributed by atoms with E-state index in [2.05, 4.69) is 0 Å². The van der Waals surface area contributed by atoms with E-state index in [0.29, 0.717) is 18.3 Å². The molecule has 3 fully saturated rings. The highest BCUT2D eigenvalue weighted by molar-refractivity contribution is 8.83. The Morgan fingerprint density at radius 3 is 2.48 bits per heavy atom. The van der Waals surface area contributed by atoms with Crippen molar-refractivity contribution in [3.63, 3.8) is 0 Å². The molecule has 0 radical (unpaired) electrons. The molecule has 0 amide bonds. The topological polar surface area (TPSA) is 54.0 Å². The van der Waals surface area contributed by atoms with Crippen LogP contribution < -0.4 is 0 Å². The van der Waals surface area contributed by atoms with Crippen LogP contribution in [0.1, 0.15) is 40.5 Å². The highest BCUT2D eigenvalue weighted by atomic mass is 33.1. The Morgan fingerprint density at radius 2 is 1.90 bits per heavy atom. The summed E-state index contributed by atoms with van der Waals surface area (Å²) in [4.78, 5) is 11.4. The minimum atomic E-state index is -0.619. The summed E-state index contributed by atoms with van der Waals surface area (Å²) < 4.78 is 23.7. The fraction of sp³-hybridized carbons (Fsp3) is 0.929. The van der Waals surface area contributed by atoms with Gasteiger partial charge in [-0.05, 0) is 44.9 Å². The number of carbonyl (C=O) groups is 1. The van der Waals surface area contributed by atoms with E-state index in [1.165, 1.54) is 10.8 Å². The summed E-state index contributed by atoms with van der Waals surface area (Å²) in [6, 6.07) is 0. The van der Waals surface area contributed by atoms with E-state index in [9.17, 15) is 4.79 Å². The Balaban J connectivity index is 1.67. The Morgan fingerprint density at radius 1 is 1.14 bits per heavy atom. The SMILES string of the molecule is CC1(C)OC[C@H]([C@H]2OC(C)(C)O[C@@H]2CC2CC(=O)SS2)O1. The lowest BCUT2D eigenvalue weighted by Gasteiger charge is -2.24. The summed E-state index contributed by atoms with van der Waals surface area (Å²) in [5.41, 5.74) is 0. The van der Waals surface area contributed by atoms with Crippen LogP contribution in [-0.2, 0) is 23.7 Å². The third-order valence-corrected chi connectivity index (χ3v) is 6.53. The van der Waals surface area contributed by atoms with Gasteiger partial charge in [0, 0.05) is 11.7 Å². The maximum absolute atomic E-state index is 11.4. The van der Waals surface area contributed by atoms with Crippen molar-refractivity contribution in [3.05, 3.63) is 0 Å². The monoisotopic (exact) mass is 334 g/mol. The fourth-order valence-corrected chi connectivity index (χ4v) is 5.48. The summed E-state index contributed by atoms with van der Waals surface area (Å²) in [6.07, 6.45) is 1.07. The Hall–Kier alpha value is 0.210. The van der Waals surface area contributed by atoms with Gasteiger partial charge in [0.25, 0.3) is 0 Å². The van der Waals surface area contributed by atoms with E-state index < -0.39 is 11.6 Å². The lowest BCUT2D eigenvalue weighted by atomic mass is 10.0. The van der Waals surface area contributed by atoms with Gasteiger partial charge in [-0.25, -0.2) is 0 Å². The van der Waals surface area contributed by atoms with Gasteiger partial charge in [0.05, 0.1) is 12.7 Å². The Bertz CT molecular complexity index is 426. The average molecular weight is 334 g/mol. The molecule has 3 saturated heterocycles. The summed E-state index contributed by atoms with van der Waals surface area (Å²) in [5.74, 6) is -1.19. The number of hydrogen-bond acceptors (Lipinski definition) is 7. The Kier molecular flexibility index (Phi) is 4.36. The third kappa shape index (κ3) is 3.76. The smallest absolute Gasteiger partial charge is 0.200 e. The van der Waals surface area contributed by atoms with Gasteiger partial charge < -0.3 is 18.9 Å². The van der Waals surface area contributed by atoms with Crippen LogP contribution in [0.2, 0.25) is 0 Å². The van der Waals surface area contributed by atoms with Crippen LogP contribution in [0.4, 0.5) is 0 Å². The first-order valence-electron chi connectivity index (χ1n) is 7.28.